The molecule has 18 heavy (non-hydrogen) atoms. The first-order chi connectivity index (χ1) is 8.41. The molecule has 0 fully saturated rings. The second-order valence-corrected chi connectivity index (χ2v) is 7.09. The molecule has 0 atom stereocenters. The molecule has 1 aromatic carbocycles. The average Bonchev–Trinajstić information content (AvgIpc) is 2.69. The Morgan fingerprint density at radius 1 is 1.17 bits per heavy atom. The number of benzene rings is 1. The summed E-state index contributed by atoms with van der Waals surface area (Å²) in [4.78, 5) is 5.68. The number of aryl methyl sites for hydroxylation is 1. The van der Waals surface area contributed by atoms with Gasteiger partial charge in [-0.15, -0.1) is 11.3 Å². The summed E-state index contributed by atoms with van der Waals surface area (Å²) in [5, 5.41) is 0. The lowest BCUT2D eigenvalue weighted by molar-refractivity contribution is 0.590. The van der Waals surface area contributed by atoms with Crippen LogP contribution in [0.4, 0.5) is 0 Å². The first-order valence-electron chi connectivity index (χ1n) is 6.18. The minimum atomic E-state index is 0.186. The zero-order chi connectivity index (χ0) is 13.3. The average molecular weight is 280 g/mol. The predicted molar refractivity (Wildman–Crippen MR) is 80.6 cm³/mol. The van der Waals surface area contributed by atoms with Crippen molar-refractivity contribution in [3.63, 3.8) is 0 Å². The fourth-order valence-corrected chi connectivity index (χ4v) is 3.02. The van der Waals surface area contributed by atoms with Crippen LogP contribution < -0.4 is 0 Å². The second kappa shape index (κ2) is 5.02. The first-order valence-corrected chi connectivity index (χ1v) is 7.37. The molecule has 0 saturated carbocycles. The van der Waals surface area contributed by atoms with Gasteiger partial charge in [-0.2, -0.15) is 0 Å². The molecule has 96 valence electrons. The van der Waals surface area contributed by atoms with Crippen molar-refractivity contribution in [3.8, 4) is 11.3 Å². The van der Waals surface area contributed by atoms with E-state index in [2.05, 4.69) is 56.9 Å². The minimum Gasteiger partial charge on any atom is -0.225 e. The van der Waals surface area contributed by atoms with E-state index in [9.17, 15) is 0 Å². The number of hydrogen-bond donors (Lipinski definition) is 0. The molecule has 0 aliphatic rings. The van der Waals surface area contributed by atoms with Gasteiger partial charge in [0.25, 0.3) is 0 Å². The monoisotopic (exact) mass is 279 g/mol. The number of rotatable bonds is 2. The van der Waals surface area contributed by atoms with E-state index in [0.29, 0.717) is 4.47 Å². The number of aromatic nitrogens is 1. The van der Waals surface area contributed by atoms with E-state index >= 15 is 0 Å². The van der Waals surface area contributed by atoms with Crippen molar-refractivity contribution < 1.29 is 0 Å². The van der Waals surface area contributed by atoms with Gasteiger partial charge in [0.05, 0.1) is 5.69 Å². The zero-order valence-corrected chi connectivity index (χ0v) is 12.8. The second-order valence-electron chi connectivity index (χ2n) is 5.42. The minimum absolute atomic E-state index is 0.186. The molecule has 0 aliphatic heterocycles. The maximum atomic E-state index is 6.01. The van der Waals surface area contributed by atoms with Crippen LogP contribution in [0.1, 0.15) is 38.1 Å². The Balaban J connectivity index is 2.40. The van der Waals surface area contributed by atoms with Crippen LogP contribution in [0.25, 0.3) is 11.3 Å². The highest BCUT2D eigenvalue weighted by Gasteiger charge is 2.15. The molecule has 1 nitrogen and oxygen atoms in total. The Morgan fingerprint density at radius 2 is 1.78 bits per heavy atom. The molecule has 3 heteroatoms. The van der Waals surface area contributed by atoms with Crippen molar-refractivity contribution in [2.75, 3.05) is 0 Å². The van der Waals surface area contributed by atoms with Gasteiger partial charge in [-0.1, -0.05) is 63.6 Å². The van der Waals surface area contributed by atoms with E-state index < -0.39 is 0 Å². The molecule has 1 heterocycles. The fourth-order valence-electron chi connectivity index (χ4n) is 1.92. The highest BCUT2D eigenvalue weighted by atomic mass is 35.5. The van der Waals surface area contributed by atoms with Crippen molar-refractivity contribution in [2.24, 2.45) is 0 Å². The van der Waals surface area contributed by atoms with Crippen molar-refractivity contribution in [1.29, 1.82) is 0 Å². The summed E-state index contributed by atoms with van der Waals surface area (Å²) < 4.78 is 0.627. The van der Waals surface area contributed by atoms with Crippen molar-refractivity contribution in [3.05, 3.63) is 39.2 Å². The predicted octanol–water partition coefficient (Wildman–Crippen LogP) is 5.32. The lowest BCUT2D eigenvalue weighted by Crippen LogP contribution is -2.10. The van der Waals surface area contributed by atoms with E-state index in [1.807, 2.05) is 0 Å². The van der Waals surface area contributed by atoms with Gasteiger partial charge in [-0.25, -0.2) is 4.98 Å². The fraction of sp³-hybridized carbons (Fsp3) is 0.400. The molecule has 2 aromatic rings. The summed E-state index contributed by atoms with van der Waals surface area (Å²) in [5.41, 5.74) is 3.72. The Kier molecular flexibility index (Phi) is 3.79. The largest absolute Gasteiger partial charge is 0.225 e. The van der Waals surface area contributed by atoms with Crippen LogP contribution in [-0.4, -0.2) is 4.98 Å². The van der Waals surface area contributed by atoms with Crippen molar-refractivity contribution >= 4 is 22.9 Å². The number of hydrogen-bond acceptors (Lipinski definition) is 2. The summed E-state index contributed by atoms with van der Waals surface area (Å²) in [7, 11) is 0. The topological polar surface area (TPSA) is 12.9 Å². The van der Waals surface area contributed by atoms with Gasteiger partial charge in [-0.05, 0) is 17.4 Å². The Hall–Kier alpha value is -0.860. The van der Waals surface area contributed by atoms with E-state index in [0.717, 1.165) is 17.7 Å². The third-order valence-corrected chi connectivity index (χ3v) is 4.32. The molecule has 0 aliphatic carbocycles. The molecule has 0 bridgehead atoms. The van der Waals surface area contributed by atoms with Crippen LogP contribution in [0.15, 0.2) is 24.3 Å². The molecule has 0 saturated heterocycles. The molecule has 0 amide bonds. The van der Waals surface area contributed by atoms with Crippen molar-refractivity contribution in [1.82, 2.24) is 4.98 Å². The molecule has 0 unspecified atom stereocenters. The third kappa shape index (κ3) is 2.76. The summed E-state index contributed by atoms with van der Waals surface area (Å²) in [6, 6.07) is 8.65. The zero-order valence-electron chi connectivity index (χ0n) is 11.2. The maximum Gasteiger partial charge on any atom is 0.184 e. The van der Waals surface area contributed by atoms with Gasteiger partial charge >= 0.3 is 0 Å². The van der Waals surface area contributed by atoms with Crippen LogP contribution in [0.5, 0.6) is 0 Å². The van der Waals surface area contributed by atoms with Crippen molar-refractivity contribution in [2.45, 2.75) is 39.5 Å². The molecule has 0 radical (unpaired) electrons. The van der Waals surface area contributed by atoms with Crippen LogP contribution in [0.2, 0.25) is 4.47 Å². The quantitative estimate of drug-likeness (QED) is 0.725. The van der Waals surface area contributed by atoms with E-state index in [1.54, 1.807) is 11.3 Å². The molecular formula is C15H18ClNS. The van der Waals surface area contributed by atoms with Gasteiger partial charge in [0.15, 0.2) is 4.47 Å². The van der Waals surface area contributed by atoms with Gasteiger partial charge in [0.2, 0.25) is 0 Å². The lowest BCUT2D eigenvalue weighted by atomic mass is 9.86. The molecule has 1 aromatic heterocycles. The van der Waals surface area contributed by atoms with E-state index in [-0.39, 0.29) is 5.41 Å². The Labute approximate surface area is 118 Å². The number of halogens is 1. The maximum absolute atomic E-state index is 6.01. The third-order valence-electron chi connectivity index (χ3n) is 3.02. The molecular weight excluding hydrogens is 262 g/mol. The highest BCUT2D eigenvalue weighted by Crippen LogP contribution is 2.32. The smallest absolute Gasteiger partial charge is 0.184 e. The normalized spacial score (nSPS) is 11.8. The van der Waals surface area contributed by atoms with Gasteiger partial charge in [0.1, 0.15) is 0 Å². The van der Waals surface area contributed by atoms with Gasteiger partial charge < -0.3 is 0 Å². The Bertz CT molecular complexity index is 535. The van der Waals surface area contributed by atoms with Crippen LogP contribution >= 0.6 is 22.9 Å². The summed E-state index contributed by atoms with van der Waals surface area (Å²) in [6.07, 6.45) is 0.973. The first kappa shape index (κ1) is 13.6. The summed E-state index contributed by atoms with van der Waals surface area (Å²) >= 11 is 7.58. The van der Waals surface area contributed by atoms with Crippen LogP contribution in [-0.2, 0) is 11.8 Å². The molecule has 2 rings (SSSR count). The van der Waals surface area contributed by atoms with Crippen LogP contribution in [0, 0.1) is 0 Å². The molecule has 0 spiro atoms. The van der Waals surface area contributed by atoms with Crippen LogP contribution in [0.3, 0.4) is 0 Å². The number of thiazole rings is 1. The Morgan fingerprint density at radius 3 is 2.28 bits per heavy atom. The SMILES string of the molecule is CCc1sc(Cl)nc1-c1ccc(C(C)(C)C)cc1. The van der Waals surface area contributed by atoms with E-state index in [4.69, 9.17) is 11.6 Å². The summed E-state index contributed by atoms with van der Waals surface area (Å²) in [5.74, 6) is 0. The highest BCUT2D eigenvalue weighted by molar-refractivity contribution is 7.16. The standard InChI is InChI=1S/C15H18ClNS/c1-5-12-13(17-14(16)18-12)10-6-8-11(9-7-10)15(2,3)4/h6-9H,5H2,1-4H3. The lowest BCUT2D eigenvalue weighted by Gasteiger charge is -2.19. The molecule has 0 N–H and O–H groups in total. The number of nitrogens with zero attached hydrogens (tertiary/aromatic N) is 1. The van der Waals surface area contributed by atoms with E-state index in [1.165, 1.54) is 10.4 Å². The summed E-state index contributed by atoms with van der Waals surface area (Å²) in [6.45, 7) is 8.80. The van der Waals surface area contributed by atoms with Gasteiger partial charge in [-0.3, -0.25) is 0 Å². The van der Waals surface area contributed by atoms with Gasteiger partial charge in [0, 0.05) is 10.4 Å².